The van der Waals surface area contributed by atoms with Crippen LogP contribution in [0.15, 0.2) is 30.3 Å². The highest BCUT2D eigenvalue weighted by atomic mass is 35.5. The number of carbonyl (C=O) groups excluding carboxylic acids is 2. The molecule has 3 heterocycles. The fourth-order valence-corrected chi connectivity index (χ4v) is 4.95. The summed E-state index contributed by atoms with van der Waals surface area (Å²) in [5.41, 5.74) is 0.981. The van der Waals surface area contributed by atoms with Crippen LogP contribution in [0.25, 0.3) is 0 Å². The van der Waals surface area contributed by atoms with Crippen LogP contribution in [-0.2, 0) is 16.1 Å². The summed E-state index contributed by atoms with van der Waals surface area (Å²) in [5, 5.41) is 2.63. The second-order valence-electron chi connectivity index (χ2n) is 7.66. The van der Waals surface area contributed by atoms with Crippen LogP contribution in [0.5, 0.6) is 0 Å². The Balaban J connectivity index is 1.35. The molecule has 0 unspecified atom stereocenters. The minimum atomic E-state index is -0.537. The molecule has 166 valence electrons. The highest BCUT2D eigenvalue weighted by Gasteiger charge is 2.33. The van der Waals surface area contributed by atoms with Gasteiger partial charge in [-0.1, -0.05) is 11.6 Å². The van der Waals surface area contributed by atoms with Gasteiger partial charge >= 0.3 is 6.09 Å². The van der Waals surface area contributed by atoms with Crippen molar-refractivity contribution in [3.63, 3.8) is 0 Å². The zero-order valence-electron chi connectivity index (χ0n) is 17.1. The van der Waals surface area contributed by atoms with E-state index in [1.54, 1.807) is 23.5 Å². The Labute approximate surface area is 189 Å². The lowest BCUT2D eigenvalue weighted by molar-refractivity contribution is -0.119. The number of amides is 2. The van der Waals surface area contributed by atoms with Crippen molar-refractivity contribution in [2.45, 2.75) is 19.6 Å². The molecule has 1 aromatic carbocycles. The number of hydrogen-bond acceptors (Lipinski definition) is 6. The van der Waals surface area contributed by atoms with E-state index in [1.165, 1.54) is 22.8 Å². The number of cyclic esters (lactones) is 1. The van der Waals surface area contributed by atoms with Gasteiger partial charge in [0.25, 0.3) is 0 Å². The third-order valence-electron chi connectivity index (χ3n) is 5.42. The molecule has 2 aliphatic heterocycles. The standard InChI is InChI=1S/C21H24ClFN4O3S/c1-14(28)24-11-16-12-27(21(29)30-16)15-2-4-19(18(23)10-15)26-8-6-25(7-9-26)13-17-3-5-20(22)31-17/h2-5,10,16H,6-9,11-13H2,1H3,(H,24,28)/t16-/m0/s1. The van der Waals surface area contributed by atoms with E-state index in [0.29, 0.717) is 11.4 Å². The summed E-state index contributed by atoms with van der Waals surface area (Å²) >= 11 is 7.59. The topological polar surface area (TPSA) is 65.1 Å². The van der Waals surface area contributed by atoms with Crippen LogP contribution in [-0.4, -0.2) is 62.3 Å². The summed E-state index contributed by atoms with van der Waals surface area (Å²) in [5.74, 6) is -0.557. The third-order valence-corrected chi connectivity index (χ3v) is 6.63. The van der Waals surface area contributed by atoms with Crippen molar-refractivity contribution >= 4 is 46.3 Å². The van der Waals surface area contributed by atoms with E-state index >= 15 is 0 Å². The monoisotopic (exact) mass is 466 g/mol. The summed E-state index contributed by atoms with van der Waals surface area (Å²) < 4.78 is 21.0. The molecule has 2 fully saturated rings. The molecule has 0 radical (unpaired) electrons. The van der Waals surface area contributed by atoms with Gasteiger partial charge in [-0.15, -0.1) is 11.3 Å². The minimum absolute atomic E-state index is 0.191. The number of carbonyl (C=O) groups is 2. The van der Waals surface area contributed by atoms with E-state index in [2.05, 4.69) is 10.2 Å². The van der Waals surface area contributed by atoms with Crippen LogP contribution in [0.3, 0.4) is 0 Å². The largest absolute Gasteiger partial charge is 0.442 e. The van der Waals surface area contributed by atoms with E-state index in [1.807, 2.05) is 17.0 Å². The zero-order chi connectivity index (χ0) is 22.0. The molecule has 0 bridgehead atoms. The lowest BCUT2D eigenvalue weighted by Gasteiger charge is -2.36. The number of thiophene rings is 1. The van der Waals surface area contributed by atoms with E-state index < -0.39 is 12.2 Å². The van der Waals surface area contributed by atoms with Crippen molar-refractivity contribution in [2.24, 2.45) is 0 Å². The number of rotatable bonds is 6. The molecule has 0 spiro atoms. The Kier molecular flexibility index (Phi) is 6.64. The van der Waals surface area contributed by atoms with Gasteiger partial charge in [-0.05, 0) is 30.3 Å². The predicted octanol–water partition coefficient (Wildman–Crippen LogP) is 3.32. The van der Waals surface area contributed by atoms with Gasteiger partial charge in [0.1, 0.15) is 11.9 Å². The summed E-state index contributed by atoms with van der Waals surface area (Å²) in [6.07, 6.45) is -0.991. The maximum Gasteiger partial charge on any atom is 0.414 e. The van der Waals surface area contributed by atoms with E-state index in [4.69, 9.17) is 16.3 Å². The van der Waals surface area contributed by atoms with Crippen molar-refractivity contribution in [1.29, 1.82) is 0 Å². The molecule has 2 amide bonds. The van der Waals surface area contributed by atoms with Crippen LogP contribution in [0.2, 0.25) is 4.34 Å². The van der Waals surface area contributed by atoms with Crippen molar-refractivity contribution in [1.82, 2.24) is 10.2 Å². The van der Waals surface area contributed by atoms with Gasteiger partial charge < -0.3 is 15.0 Å². The maximum absolute atomic E-state index is 14.9. The van der Waals surface area contributed by atoms with Crippen LogP contribution < -0.4 is 15.1 Å². The molecule has 10 heteroatoms. The Morgan fingerprint density at radius 1 is 1.26 bits per heavy atom. The average molecular weight is 467 g/mol. The number of halogens is 2. The molecule has 31 heavy (non-hydrogen) atoms. The minimum Gasteiger partial charge on any atom is -0.442 e. The average Bonchev–Trinajstić information content (AvgIpc) is 3.32. The smallest absolute Gasteiger partial charge is 0.414 e. The first-order chi connectivity index (χ1) is 14.9. The van der Waals surface area contributed by atoms with Crippen LogP contribution in [0, 0.1) is 5.82 Å². The Bertz CT molecular complexity index is 964. The SMILES string of the molecule is CC(=O)NC[C@H]1CN(c2ccc(N3CCN(Cc4ccc(Cl)s4)CC3)c(F)c2)C(=O)O1. The zero-order valence-corrected chi connectivity index (χ0v) is 18.7. The third kappa shape index (κ3) is 5.28. The number of nitrogens with zero attached hydrogens (tertiary/aromatic N) is 3. The van der Waals surface area contributed by atoms with E-state index in [0.717, 1.165) is 37.1 Å². The normalized spacial score (nSPS) is 19.6. The molecular weight excluding hydrogens is 443 g/mol. The number of nitrogens with one attached hydrogen (secondary N) is 1. The number of anilines is 2. The highest BCUT2D eigenvalue weighted by molar-refractivity contribution is 7.16. The molecule has 7 nitrogen and oxygen atoms in total. The molecule has 2 aromatic rings. The molecule has 4 rings (SSSR count). The van der Waals surface area contributed by atoms with Gasteiger partial charge in [-0.25, -0.2) is 9.18 Å². The van der Waals surface area contributed by atoms with Crippen molar-refractivity contribution in [3.05, 3.63) is 45.4 Å². The highest BCUT2D eigenvalue weighted by Crippen LogP contribution is 2.29. The molecule has 0 saturated carbocycles. The Morgan fingerprint density at radius 2 is 2.03 bits per heavy atom. The molecule has 1 atom stereocenters. The second kappa shape index (κ2) is 9.42. The Hall–Kier alpha value is -2.36. The first-order valence-electron chi connectivity index (χ1n) is 10.1. The summed E-state index contributed by atoms with van der Waals surface area (Å²) in [6.45, 7) is 5.87. The quantitative estimate of drug-likeness (QED) is 0.707. The first kappa shape index (κ1) is 21.9. The van der Waals surface area contributed by atoms with Crippen LogP contribution >= 0.6 is 22.9 Å². The van der Waals surface area contributed by atoms with Gasteiger partial charge in [0, 0.05) is 44.5 Å². The van der Waals surface area contributed by atoms with Crippen molar-refractivity contribution in [3.8, 4) is 0 Å². The lowest BCUT2D eigenvalue weighted by Crippen LogP contribution is -2.46. The van der Waals surface area contributed by atoms with Gasteiger partial charge in [0.15, 0.2) is 0 Å². The first-order valence-corrected chi connectivity index (χ1v) is 11.3. The predicted molar refractivity (Wildman–Crippen MR) is 120 cm³/mol. The van der Waals surface area contributed by atoms with Crippen LogP contribution in [0.4, 0.5) is 20.6 Å². The summed E-state index contributed by atoms with van der Waals surface area (Å²) in [4.78, 5) is 30.2. The fourth-order valence-electron chi connectivity index (χ4n) is 3.82. The number of benzene rings is 1. The number of hydrogen-bond donors (Lipinski definition) is 1. The van der Waals surface area contributed by atoms with Gasteiger partial charge in [0.05, 0.1) is 28.8 Å². The van der Waals surface area contributed by atoms with Crippen molar-refractivity contribution in [2.75, 3.05) is 49.1 Å². The molecule has 1 N–H and O–H groups in total. The van der Waals surface area contributed by atoms with Gasteiger partial charge in [-0.2, -0.15) is 0 Å². The van der Waals surface area contributed by atoms with E-state index in [-0.39, 0.29) is 24.8 Å². The summed E-state index contributed by atoms with van der Waals surface area (Å²) in [6, 6.07) is 8.78. The van der Waals surface area contributed by atoms with Gasteiger partial charge in [-0.3, -0.25) is 14.6 Å². The van der Waals surface area contributed by atoms with Gasteiger partial charge in [0.2, 0.25) is 5.91 Å². The molecular formula is C21H24ClFN4O3S. The molecule has 1 aromatic heterocycles. The number of ether oxygens (including phenoxy) is 1. The Morgan fingerprint density at radius 3 is 2.68 bits per heavy atom. The summed E-state index contributed by atoms with van der Waals surface area (Å²) in [7, 11) is 0. The molecule has 2 saturated heterocycles. The van der Waals surface area contributed by atoms with E-state index in [9.17, 15) is 14.0 Å². The second-order valence-corrected chi connectivity index (χ2v) is 9.46. The van der Waals surface area contributed by atoms with Crippen LogP contribution in [0.1, 0.15) is 11.8 Å². The lowest BCUT2D eigenvalue weighted by atomic mass is 10.2. The number of piperazine rings is 1. The van der Waals surface area contributed by atoms with Crippen molar-refractivity contribution < 1.29 is 18.7 Å². The molecule has 2 aliphatic rings. The maximum atomic E-state index is 14.9. The molecule has 0 aliphatic carbocycles. The fraction of sp³-hybridized carbons (Fsp3) is 0.429.